The van der Waals surface area contributed by atoms with Gasteiger partial charge >= 0.3 is 11.9 Å². The molecule has 0 spiro atoms. The van der Waals surface area contributed by atoms with Crippen molar-refractivity contribution in [3.05, 3.63) is 12.2 Å². The van der Waals surface area contributed by atoms with E-state index in [1.54, 1.807) is 6.92 Å². The fourth-order valence-corrected chi connectivity index (χ4v) is 2.59. The molecular formula is C21H38O3. The van der Waals surface area contributed by atoms with Gasteiger partial charge in [0.15, 0.2) is 0 Å². The van der Waals surface area contributed by atoms with Crippen LogP contribution in [0.4, 0.5) is 0 Å². The van der Waals surface area contributed by atoms with E-state index in [0.29, 0.717) is 6.42 Å². The van der Waals surface area contributed by atoms with Crippen LogP contribution in [-0.2, 0) is 14.3 Å². The smallest absolute Gasteiger partial charge is 0.313 e. The van der Waals surface area contributed by atoms with Crippen LogP contribution in [0.25, 0.3) is 0 Å². The lowest BCUT2D eigenvalue weighted by Crippen LogP contribution is -2.10. The van der Waals surface area contributed by atoms with Crippen molar-refractivity contribution >= 4 is 11.9 Å². The van der Waals surface area contributed by atoms with Gasteiger partial charge in [-0.1, -0.05) is 77.4 Å². The van der Waals surface area contributed by atoms with Crippen LogP contribution in [-0.4, -0.2) is 11.9 Å². The molecule has 0 aromatic carbocycles. The lowest BCUT2D eigenvalue weighted by atomic mass is 10.1. The summed E-state index contributed by atoms with van der Waals surface area (Å²) < 4.78 is 4.63. The number of carbonyl (C=O) groups is 2. The summed E-state index contributed by atoms with van der Waals surface area (Å²) in [5, 5.41) is 0. The highest BCUT2D eigenvalue weighted by molar-refractivity contribution is 5.85. The van der Waals surface area contributed by atoms with Crippen molar-refractivity contribution in [1.29, 1.82) is 0 Å². The molecule has 0 atom stereocenters. The van der Waals surface area contributed by atoms with E-state index < -0.39 is 5.97 Å². The van der Waals surface area contributed by atoms with Crippen molar-refractivity contribution in [2.24, 2.45) is 0 Å². The molecule has 3 heteroatoms. The second-order valence-corrected chi connectivity index (χ2v) is 6.53. The van der Waals surface area contributed by atoms with Crippen molar-refractivity contribution in [1.82, 2.24) is 0 Å². The van der Waals surface area contributed by atoms with E-state index >= 15 is 0 Å². The molecule has 0 bridgehead atoms. The average Bonchev–Trinajstić information content (AvgIpc) is 2.58. The van der Waals surface area contributed by atoms with Crippen LogP contribution in [0.2, 0.25) is 0 Å². The van der Waals surface area contributed by atoms with Crippen molar-refractivity contribution in [3.63, 3.8) is 0 Å². The lowest BCUT2D eigenvalue weighted by Gasteiger charge is -2.02. The number of ether oxygens (including phenoxy) is 1. The number of hydrogen-bond donors (Lipinski definition) is 0. The first-order chi connectivity index (χ1) is 11.7. The van der Waals surface area contributed by atoms with E-state index in [9.17, 15) is 9.59 Å². The van der Waals surface area contributed by atoms with E-state index in [-0.39, 0.29) is 12.4 Å². The first kappa shape index (κ1) is 22.9. The van der Waals surface area contributed by atoms with Crippen molar-refractivity contribution in [3.8, 4) is 0 Å². The predicted octanol–water partition coefficient (Wildman–Crippen LogP) is 6.50. The predicted molar refractivity (Wildman–Crippen MR) is 101 cm³/mol. The number of hydrogen-bond acceptors (Lipinski definition) is 3. The molecule has 0 radical (unpaired) electrons. The Hall–Kier alpha value is -1.12. The molecule has 0 aromatic rings. The minimum absolute atomic E-state index is 0.262. The third kappa shape index (κ3) is 17.2. The van der Waals surface area contributed by atoms with Gasteiger partial charge in [0.1, 0.15) is 0 Å². The molecule has 3 nitrogen and oxygen atoms in total. The first-order valence-electron chi connectivity index (χ1n) is 10.1. The van der Waals surface area contributed by atoms with Gasteiger partial charge in [-0.05, 0) is 32.1 Å². The maximum absolute atomic E-state index is 11.3. The summed E-state index contributed by atoms with van der Waals surface area (Å²) in [4.78, 5) is 22.2. The second-order valence-electron chi connectivity index (χ2n) is 6.53. The monoisotopic (exact) mass is 338 g/mol. The van der Waals surface area contributed by atoms with Gasteiger partial charge in [-0.3, -0.25) is 9.59 Å². The van der Waals surface area contributed by atoms with Crippen molar-refractivity contribution in [2.75, 3.05) is 0 Å². The molecule has 0 aliphatic carbocycles. The van der Waals surface area contributed by atoms with Crippen LogP contribution in [0, 0.1) is 0 Å². The normalized spacial score (nSPS) is 11.1. The fraction of sp³-hybridized carbons (Fsp3) is 0.810. The molecular weight excluding hydrogens is 300 g/mol. The SMILES string of the molecule is CCCCCCCCC=CCCCCCCCC(=O)OC(=O)CC. The molecule has 0 saturated heterocycles. The van der Waals surface area contributed by atoms with E-state index in [4.69, 9.17) is 0 Å². The minimum atomic E-state index is -0.423. The van der Waals surface area contributed by atoms with Gasteiger partial charge in [0.05, 0.1) is 0 Å². The van der Waals surface area contributed by atoms with Crippen LogP contribution in [0.3, 0.4) is 0 Å². The van der Waals surface area contributed by atoms with Crippen molar-refractivity contribution in [2.45, 2.75) is 110 Å². The number of unbranched alkanes of at least 4 members (excludes halogenated alkanes) is 11. The Balaban J connectivity index is 3.23. The Bertz CT molecular complexity index is 334. The number of carbonyl (C=O) groups excluding carboxylic acids is 2. The Kier molecular flexibility index (Phi) is 17.4. The zero-order valence-corrected chi connectivity index (χ0v) is 16.0. The van der Waals surface area contributed by atoms with Gasteiger partial charge in [0.2, 0.25) is 0 Å². The summed E-state index contributed by atoms with van der Waals surface area (Å²) in [6.07, 6.45) is 21.3. The molecule has 0 aromatic heterocycles. The Morgan fingerprint density at radius 1 is 0.667 bits per heavy atom. The Morgan fingerprint density at radius 3 is 1.71 bits per heavy atom. The Labute approximate surface area is 149 Å². The molecule has 0 aliphatic heterocycles. The largest absolute Gasteiger partial charge is 0.393 e. The summed E-state index contributed by atoms with van der Waals surface area (Å²) >= 11 is 0. The van der Waals surface area contributed by atoms with Gasteiger partial charge in [-0.15, -0.1) is 0 Å². The summed E-state index contributed by atoms with van der Waals surface area (Å²) in [7, 11) is 0. The maximum atomic E-state index is 11.3. The quantitative estimate of drug-likeness (QED) is 0.139. The molecule has 0 rings (SSSR count). The van der Waals surface area contributed by atoms with E-state index in [1.807, 2.05) is 0 Å². The molecule has 0 aliphatic rings. The zero-order valence-electron chi connectivity index (χ0n) is 16.0. The standard InChI is InChI=1S/C21H38O3/c1-3-5-6-7-8-9-10-11-12-13-14-15-16-17-18-19-21(23)24-20(22)4-2/h11-12H,3-10,13-19H2,1-2H3. The van der Waals surface area contributed by atoms with E-state index in [2.05, 4.69) is 23.8 Å². The minimum Gasteiger partial charge on any atom is -0.393 e. The molecule has 24 heavy (non-hydrogen) atoms. The van der Waals surface area contributed by atoms with Crippen LogP contribution in [0.15, 0.2) is 12.2 Å². The van der Waals surface area contributed by atoms with E-state index in [0.717, 1.165) is 19.3 Å². The number of esters is 2. The van der Waals surface area contributed by atoms with Gasteiger partial charge in [0, 0.05) is 12.8 Å². The summed E-state index contributed by atoms with van der Waals surface area (Å²) in [5.74, 6) is -0.799. The van der Waals surface area contributed by atoms with Crippen LogP contribution in [0.5, 0.6) is 0 Å². The van der Waals surface area contributed by atoms with Gasteiger partial charge in [0.25, 0.3) is 0 Å². The third-order valence-electron chi connectivity index (χ3n) is 4.16. The highest BCUT2D eigenvalue weighted by Gasteiger charge is 2.07. The summed E-state index contributed by atoms with van der Waals surface area (Å²) in [6, 6.07) is 0. The molecule has 0 saturated carbocycles. The molecule has 0 heterocycles. The molecule has 140 valence electrons. The van der Waals surface area contributed by atoms with Crippen LogP contribution >= 0.6 is 0 Å². The maximum Gasteiger partial charge on any atom is 0.313 e. The van der Waals surface area contributed by atoms with Crippen molar-refractivity contribution < 1.29 is 14.3 Å². The molecule has 0 fully saturated rings. The number of rotatable bonds is 16. The topological polar surface area (TPSA) is 43.4 Å². The van der Waals surface area contributed by atoms with E-state index in [1.165, 1.54) is 64.2 Å². The van der Waals surface area contributed by atoms with Gasteiger partial charge in [-0.25, -0.2) is 0 Å². The molecule has 0 N–H and O–H groups in total. The lowest BCUT2D eigenvalue weighted by molar-refractivity contribution is -0.159. The third-order valence-corrected chi connectivity index (χ3v) is 4.16. The zero-order chi connectivity index (χ0) is 17.9. The number of allylic oxidation sites excluding steroid dienone is 2. The molecule has 0 unspecified atom stereocenters. The first-order valence-corrected chi connectivity index (χ1v) is 10.1. The fourth-order valence-electron chi connectivity index (χ4n) is 2.59. The summed E-state index contributed by atoms with van der Waals surface area (Å²) in [6.45, 7) is 3.95. The van der Waals surface area contributed by atoms with Crippen LogP contribution < -0.4 is 0 Å². The molecule has 0 amide bonds. The van der Waals surface area contributed by atoms with Crippen LogP contribution in [0.1, 0.15) is 110 Å². The highest BCUT2D eigenvalue weighted by atomic mass is 16.6. The highest BCUT2D eigenvalue weighted by Crippen LogP contribution is 2.10. The Morgan fingerprint density at radius 2 is 1.17 bits per heavy atom. The van der Waals surface area contributed by atoms with Gasteiger partial charge in [-0.2, -0.15) is 0 Å². The van der Waals surface area contributed by atoms with Gasteiger partial charge < -0.3 is 4.74 Å². The summed E-state index contributed by atoms with van der Waals surface area (Å²) in [5.41, 5.74) is 0. The average molecular weight is 339 g/mol. The second kappa shape index (κ2) is 18.2.